The van der Waals surface area contributed by atoms with Gasteiger partial charge in [-0.3, -0.25) is 9.69 Å². The Labute approximate surface area is 141 Å². The van der Waals surface area contributed by atoms with Crippen molar-refractivity contribution in [3.63, 3.8) is 0 Å². The first kappa shape index (κ1) is 15.5. The number of carbonyl (C=O) groups is 1. The Kier molecular flexibility index (Phi) is 3.96. The minimum Gasteiger partial charge on any atom is -0.339 e. The summed E-state index contributed by atoms with van der Waals surface area (Å²) in [6.45, 7) is 7.77. The van der Waals surface area contributed by atoms with E-state index >= 15 is 0 Å². The highest BCUT2D eigenvalue weighted by Crippen LogP contribution is 2.21. The highest BCUT2D eigenvalue weighted by molar-refractivity contribution is 5.78. The lowest BCUT2D eigenvalue weighted by Crippen LogP contribution is -2.56. The van der Waals surface area contributed by atoms with Crippen LogP contribution < -0.4 is 0 Å². The maximum Gasteiger partial charge on any atom is 0.252 e. The zero-order valence-corrected chi connectivity index (χ0v) is 14.4. The van der Waals surface area contributed by atoms with E-state index in [9.17, 15) is 4.79 Å². The number of hydrogen-bond donors (Lipinski definition) is 0. The van der Waals surface area contributed by atoms with Crippen LogP contribution in [0.2, 0.25) is 0 Å². The van der Waals surface area contributed by atoms with Crippen LogP contribution in [-0.4, -0.2) is 67.5 Å². The lowest BCUT2D eigenvalue weighted by atomic mass is 9.99. The number of amides is 1. The molecule has 0 aromatic carbocycles. The van der Waals surface area contributed by atoms with Gasteiger partial charge >= 0.3 is 0 Å². The molecule has 2 fully saturated rings. The minimum atomic E-state index is 0.130. The van der Waals surface area contributed by atoms with Gasteiger partial charge in [0.25, 0.3) is 5.78 Å². The fourth-order valence-corrected chi connectivity index (χ4v) is 3.91. The number of aryl methyl sites for hydroxylation is 2. The molecule has 7 nitrogen and oxygen atoms in total. The average molecular weight is 328 g/mol. The van der Waals surface area contributed by atoms with E-state index in [1.54, 1.807) is 4.52 Å². The monoisotopic (exact) mass is 328 g/mol. The van der Waals surface area contributed by atoms with Gasteiger partial charge in [-0.1, -0.05) is 6.42 Å². The van der Waals surface area contributed by atoms with Crippen LogP contribution in [0, 0.1) is 13.8 Å². The largest absolute Gasteiger partial charge is 0.339 e. The highest BCUT2D eigenvalue weighted by atomic mass is 16.2. The summed E-state index contributed by atoms with van der Waals surface area (Å²) >= 11 is 0. The van der Waals surface area contributed by atoms with Crippen molar-refractivity contribution in [2.75, 3.05) is 26.2 Å². The number of aromatic nitrogens is 4. The van der Waals surface area contributed by atoms with Gasteiger partial charge in [-0.05, 0) is 39.3 Å². The molecule has 1 amide bonds. The molecule has 2 aliphatic heterocycles. The first-order valence-electron chi connectivity index (χ1n) is 8.82. The fourth-order valence-electron chi connectivity index (χ4n) is 3.91. The van der Waals surface area contributed by atoms with Gasteiger partial charge < -0.3 is 4.90 Å². The summed E-state index contributed by atoms with van der Waals surface area (Å²) in [6, 6.07) is 2.51. The van der Waals surface area contributed by atoms with Crippen molar-refractivity contribution in [2.24, 2.45) is 0 Å². The van der Waals surface area contributed by atoms with Crippen LogP contribution in [0.5, 0.6) is 0 Å². The summed E-state index contributed by atoms with van der Waals surface area (Å²) < 4.78 is 1.72. The molecule has 4 heterocycles. The highest BCUT2D eigenvalue weighted by Gasteiger charge is 2.31. The van der Waals surface area contributed by atoms with Gasteiger partial charge in [-0.25, -0.2) is 9.50 Å². The van der Waals surface area contributed by atoms with E-state index in [4.69, 9.17) is 0 Å². The number of fused-ring (bicyclic) bond motifs is 2. The normalized spacial score (nSPS) is 21.9. The third-order valence-electron chi connectivity index (χ3n) is 5.16. The van der Waals surface area contributed by atoms with Crippen molar-refractivity contribution in [3.8, 4) is 0 Å². The number of carbonyl (C=O) groups excluding carboxylic acids is 1. The van der Waals surface area contributed by atoms with Crippen LogP contribution >= 0.6 is 0 Å². The number of piperazine rings is 1. The van der Waals surface area contributed by atoms with Gasteiger partial charge in [0, 0.05) is 37.1 Å². The summed E-state index contributed by atoms with van der Waals surface area (Å²) in [6.07, 6.45) is 4.04. The molecule has 0 aliphatic carbocycles. The van der Waals surface area contributed by atoms with Gasteiger partial charge in [-0.15, -0.1) is 5.10 Å². The number of rotatable bonds is 2. The second kappa shape index (κ2) is 6.12. The second-order valence-electron chi connectivity index (χ2n) is 6.98. The summed E-state index contributed by atoms with van der Waals surface area (Å²) in [5.41, 5.74) is 1.90. The van der Waals surface area contributed by atoms with Gasteiger partial charge in [0.05, 0.1) is 6.42 Å². The first-order chi connectivity index (χ1) is 11.6. The van der Waals surface area contributed by atoms with Crippen LogP contribution in [0.1, 0.15) is 36.5 Å². The van der Waals surface area contributed by atoms with Crippen LogP contribution in [0.4, 0.5) is 0 Å². The topological polar surface area (TPSA) is 66.6 Å². The Hall–Kier alpha value is -2.02. The molecular formula is C17H24N6O. The Balaban J connectivity index is 1.47. The van der Waals surface area contributed by atoms with Gasteiger partial charge in [0.2, 0.25) is 5.91 Å². The van der Waals surface area contributed by atoms with E-state index < -0.39 is 0 Å². The predicted octanol–water partition coefficient (Wildman–Crippen LogP) is 0.980. The van der Waals surface area contributed by atoms with Gasteiger partial charge in [0.15, 0.2) is 5.82 Å². The Morgan fingerprint density at radius 1 is 1.21 bits per heavy atom. The Morgan fingerprint density at radius 2 is 2.08 bits per heavy atom. The van der Waals surface area contributed by atoms with Gasteiger partial charge in [0.1, 0.15) is 0 Å². The van der Waals surface area contributed by atoms with E-state index in [0.29, 0.717) is 17.6 Å². The lowest BCUT2D eigenvalue weighted by molar-refractivity contribution is -0.134. The minimum absolute atomic E-state index is 0.130. The molecule has 1 atom stereocenters. The van der Waals surface area contributed by atoms with Crippen LogP contribution in [0.25, 0.3) is 5.78 Å². The third kappa shape index (κ3) is 2.88. The molecule has 128 valence electrons. The first-order valence-corrected chi connectivity index (χ1v) is 8.82. The maximum atomic E-state index is 12.7. The quantitative estimate of drug-likeness (QED) is 0.822. The molecule has 4 rings (SSSR count). The van der Waals surface area contributed by atoms with E-state index in [2.05, 4.69) is 20.0 Å². The maximum absolute atomic E-state index is 12.7. The third-order valence-corrected chi connectivity index (χ3v) is 5.16. The predicted molar refractivity (Wildman–Crippen MR) is 89.8 cm³/mol. The standard InChI is InChI=1S/C17H24N6O/c1-12-9-13(2)23-17(18-12)19-15(20-23)10-16(24)22-8-7-21-6-4-3-5-14(21)11-22/h9,14H,3-8,10-11H2,1-2H3/t14-/m1/s1. The van der Waals surface area contributed by atoms with E-state index in [1.165, 1.54) is 25.8 Å². The number of nitrogens with zero attached hydrogens (tertiary/aromatic N) is 6. The molecule has 0 bridgehead atoms. The smallest absolute Gasteiger partial charge is 0.252 e. The van der Waals surface area contributed by atoms with Gasteiger partial charge in [-0.2, -0.15) is 4.98 Å². The van der Waals surface area contributed by atoms with Crippen molar-refractivity contribution >= 4 is 11.7 Å². The molecule has 0 N–H and O–H groups in total. The molecule has 0 saturated carbocycles. The molecule has 2 aliphatic rings. The molecule has 2 aromatic rings. The lowest BCUT2D eigenvalue weighted by Gasteiger charge is -2.44. The molecule has 0 unspecified atom stereocenters. The van der Waals surface area contributed by atoms with Crippen molar-refractivity contribution in [1.29, 1.82) is 0 Å². The summed E-state index contributed by atoms with van der Waals surface area (Å²) in [5, 5.41) is 4.45. The van der Waals surface area contributed by atoms with Crippen LogP contribution in [-0.2, 0) is 11.2 Å². The molecule has 0 radical (unpaired) electrons. The average Bonchev–Trinajstić information content (AvgIpc) is 2.97. The molecule has 2 aromatic heterocycles. The molecule has 0 spiro atoms. The van der Waals surface area contributed by atoms with Crippen LogP contribution in [0.15, 0.2) is 6.07 Å². The van der Waals surface area contributed by atoms with Crippen LogP contribution in [0.3, 0.4) is 0 Å². The molecular weight excluding hydrogens is 304 g/mol. The summed E-state index contributed by atoms with van der Waals surface area (Å²) in [7, 11) is 0. The van der Waals surface area contributed by atoms with E-state index in [-0.39, 0.29) is 12.3 Å². The molecule has 2 saturated heterocycles. The van der Waals surface area contributed by atoms with Crippen molar-refractivity contribution in [3.05, 3.63) is 23.3 Å². The number of hydrogen-bond acceptors (Lipinski definition) is 5. The number of piperidine rings is 1. The van der Waals surface area contributed by atoms with Crippen molar-refractivity contribution in [2.45, 2.75) is 45.6 Å². The van der Waals surface area contributed by atoms with Crippen molar-refractivity contribution in [1.82, 2.24) is 29.4 Å². The molecule has 24 heavy (non-hydrogen) atoms. The van der Waals surface area contributed by atoms with Crippen molar-refractivity contribution < 1.29 is 4.79 Å². The van der Waals surface area contributed by atoms with E-state index in [1.807, 2.05) is 24.8 Å². The Bertz CT molecular complexity index is 770. The molecule has 7 heteroatoms. The Morgan fingerprint density at radius 3 is 2.96 bits per heavy atom. The second-order valence-corrected chi connectivity index (χ2v) is 6.98. The summed E-state index contributed by atoms with van der Waals surface area (Å²) in [4.78, 5) is 26.0. The SMILES string of the molecule is Cc1cc(C)n2nc(CC(=O)N3CCN4CCCC[C@@H]4C3)nc2n1. The summed E-state index contributed by atoms with van der Waals surface area (Å²) in [5.74, 6) is 1.27. The zero-order valence-electron chi connectivity index (χ0n) is 14.4. The zero-order chi connectivity index (χ0) is 16.7. The fraction of sp³-hybridized carbons (Fsp3) is 0.647. The van der Waals surface area contributed by atoms with E-state index in [0.717, 1.165) is 31.0 Å².